The van der Waals surface area contributed by atoms with Crippen molar-refractivity contribution in [2.45, 2.75) is 45.6 Å². The Morgan fingerprint density at radius 2 is 1.95 bits per heavy atom. The Morgan fingerprint density at radius 1 is 1.32 bits per heavy atom. The third-order valence-electron chi connectivity index (χ3n) is 3.69. The molecule has 0 saturated heterocycles. The van der Waals surface area contributed by atoms with Gasteiger partial charge in [0.1, 0.15) is 0 Å². The van der Waals surface area contributed by atoms with Crippen LogP contribution in [-0.2, 0) is 0 Å². The van der Waals surface area contributed by atoms with E-state index in [0.29, 0.717) is 12.0 Å². The van der Waals surface area contributed by atoms with Gasteiger partial charge in [-0.15, -0.1) is 0 Å². The van der Waals surface area contributed by atoms with Gasteiger partial charge in [0.05, 0.1) is 5.56 Å². The van der Waals surface area contributed by atoms with Crippen LogP contribution in [0.1, 0.15) is 49.9 Å². The van der Waals surface area contributed by atoms with E-state index in [0.717, 1.165) is 29.4 Å². The lowest BCUT2D eigenvalue weighted by Gasteiger charge is -2.31. The molecule has 0 aliphatic heterocycles. The number of hydrogen-bond acceptors (Lipinski definition) is 1. The van der Waals surface area contributed by atoms with Gasteiger partial charge in [-0.1, -0.05) is 38.8 Å². The molecule has 0 unspecified atom stereocenters. The van der Waals surface area contributed by atoms with Gasteiger partial charge in [0.15, 0.2) is 0 Å². The summed E-state index contributed by atoms with van der Waals surface area (Å²) in [5.74, 6) is 0.681. The molecule has 0 spiro atoms. The van der Waals surface area contributed by atoms with Crippen molar-refractivity contribution in [3.05, 3.63) is 34.3 Å². The highest BCUT2D eigenvalue weighted by Crippen LogP contribution is 2.27. The second kappa shape index (κ2) is 6.56. The molecule has 19 heavy (non-hydrogen) atoms. The molecule has 2 rings (SSSR count). The van der Waals surface area contributed by atoms with Crippen LogP contribution in [-0.4, -0.2) is 23.4 Å². The van der Waals surface area contributed by atoms with Crippen LogP contribution in [0.15, 0.2) is 28.7 Å². The fourth-order valence-corrected chi connectivity index (χ4v) is 3.25. The Hall–Kier alpha value is -0.830. The predicted octanol–water partition coefficient (Wildman–Crippen LogP) is 4.49. The van der Waals surface area contributed by atoms with Crippen molar-refractivity contribution in [3.8, 4) is 0 Å². The van der Waals surface area contributed by atoms with E-state index in [9.17, 15) is 4.79 Å². The van der Waals surface area contributed by atoms with Crippen molar-refractivity contribution in [1.29, 1.82) is 0 Å². The van der Waals surface area contributed by atoms with Gasteiger partial charge in [-0.3, -0.25) is 4.79 Å². The van der Waals surface area contributed by atoms with Gasteiger partial charge >= 0.3 is 0 Å². The maximum atomic E-state index is 12.8. The fourth-order valence-electron chi connectivity index (χ4n) is 2.80. The number of rotatable bonds is 4. The molecule has 0 aromatic heterocycles. The zero-order valence-electron chi connectivity index (χ0n) is 11.7. The van der Waals surface area contributed by atoms with Crippen LogP contribution >= 0.6 is 15.9 Å². The van der Waals surface area contributed by atoms with Gasteiger partial charge < -0.3 is 4.90 Å². The highest BCUT2D eigenvalue weighted by Gasteiger charge is 2.28. The summed E-state index contributed by atoms with van der Waals surface area (Å²) in [7, 11) is 0. The van der Waals surface area contributed by atoms with E-state index in [1.807, 2.05) is 24.3 Å². The smallest absolute Gasteiger partial charge is 0.255 e. The molecule has 1 aliphatic rings. The van der Waals surface area contributed by atoms with Gasteiger partial charge in [-0.2, -0.15) is 0 Å². The first-order valence-corrected chi connectivity index (χ1v) is 7.94. The van der Waals surface area contributed by atoms with Crippen molar-refractivity contribution in [1.82, 2.24) is 4.90 Å². The normalized spacial score (nSPS) is 16.0. The zero-order chi connectivity index (χ0) is 13.8. The molecule has 0 atom stereocenters. The van der Waals surface area contributed by atoms with Crippen molar-refractivity contribution in [2.75, 3.05) is 6.54 Å². The van der Waals surface area contributed by atoms with E-state index in [1.165, 1.54) is 12.8 Å². The number of nitrogens with zero attached hydrogens (tertiary/aromatic N) is 1. The van der Waals surface area contributed by atoms with Crippen LogP contribution in [0.4, 0.5) is 0 Å². The fraction of sp³-hybridized carbons (Fsp3) is 0.562. The Kier molecular flexibility index (Phi) is 5.03. The Balaban J connectivity index is 2.22. The Bertz CT molecular complexity index is 438. The van der Waals surface area contributed by atoms with Crippen LogP contribution in [0, 0.1) is 5.92 Å². The summed E-state index contributed by atoms with van der Waals surface area (Å²) >= 11 is 3.49. The molecule has 104 valence electrons. The maximum absolute atomic E-state index is 12.8. The monoisotopic (exact) mass is 323 g/mol. The number of carbonyl (C=O) groups excluding carboxylic acids is 1. The molecular weight excluding hydrogens is 302 g/mol. The van der Waals surface area contributed by atoms with E-state index < -0.39 is 0 Å². The first-order valence-electron chi connectivity index (χ1n) is 7.15. The minimum Gasteiger partial charge on any atom is -0.335 e. The largest absolute Gasteiger partial charge is 0.335 e. The second-order valence-corrected chi connectivity index (χ2v) is 6.62. The third kappa shape index (κ3) is 3.59. The lowest BCUT2D eigenvalue weighted by Crippen LogP contribution is -2.41. The first kappa shape index (κ1) is 14.6. The quantitative estimate of drug-likeness (QED) is 0.799. The standard InChI is InChI=1S/C16H22BrNO/c1-12(2)11-18(13-7-3-4-8-13)16(19)14-9-5-6-10-15(14)17/h5-6,9-10,12-13H,3-4,7-8,11H2,1-2H3. The van der Waals surface area contributed by atoms with E-state index in [2.05, 4.69) is 34.7 Å². The average Bonchev–Trinajstić information content (AvgIpc) is 2.89. The summed E-state index contributed by atoms with van der Waals surface area (Å²) in [6.45, 7) is 5.20. The van der Waals surface area contributed by atoms with Crippen molar-refractivity contribution >= 4 is 21.8 Å². The van der Waals surface area contributed by atoms with Crippen molar-refractivity contribution < 1.29 is 4.79 Å². The van der Waals surface area contributed by atoms with Gasteiger partial charge in [-0.25, -0.2) is 0 Å². The molecular formula is C16H22BrNO. The van der Waals surface area contributed by atoms with Gasteiger partial charge in [0.25, 0.3) is 5.91 Å². The lowest BCUT2D eigenvalue weighted by molar-refractivity contribution is 0.0654. The molecule has 2 nitrogen and oxygen atoms in total. The number of benzene rings is 1. The van der Waals surface area contributed by atoms with Gasteiger partial charge in [-0.05, 0) is 46.8 Å². The topological polar surface area (TPSA) is 20.3 Å². The molecule has 1 amide bonds. The van der Waals surface area contributed by atoms with Crippen LogP contribution in [0.5, 0.6) is 0 Å². The highest BCUT2D eigenvalue weighted by molar-refractivity contribution is 9.10. The first-order chi connectivity index (χ1) is 9.09. The summed E-state index contributed by atoms with van der Waals surface area (Å²) in [6, 6.07) is 8.16. The molecule has 0 bridgehead atoms. The lowest BCUT2D eigenvalue weighted by atomic mass is 10.1. The van der Waals surface area contributed by atoms with Crippen LogP contribution in [0.25, 0.3) is 0 Å². The molecule has 0 N–H and O–H groups in total. The minimum atomic E-state index is 0.174. The summed E-state index contributed by atoms with van der Waals surface area (Å²) in [4.78, 5) is 14.9. The number of amides is 1. The molecule has 1 aromatic rings. The van der Waals surface area contributed by atoms with Gasteiger partial charge in [0, 0.05) is 17.1 Å². The Labute approximate surface area is 124 Å². The SMILES string of the molecule is CC(C)CN(C(=O)c1ccccc1Br)C1CCCC1. The summed E-state index contributed by atoms with van der Waals surface area (Å²) in [6.07, 6.45) is 4.82. The van der Waals surface area contributed by atoms with Crippen LogP contribution in [0.2, 0.25) is 0 Å². The highest BCUT2D eigenvalue weighted by atomic mass is 79.9. The number of halogens is 1. The molecule has 1 saturated carbocycles. The number of hydrogen-bond donors (Lipinski definition) is 0. The average molecular weight is 324 g/mol. The zero-order valence-corrected chi connectivity index (χ0v) is 13.3. The van der Waals surface area contributed by atoms with Gasteiger partial charge in [0.2, 0.25) is 0 Å². The Morgan fingerprint density at radius 3 is 2.53 bits per heavy atom. The third-order valence-corrected chi connectivity index (χ3v) is 4.38. The summed E-state index contributed by atoms with van der Waals surface area (Å²) < 4.78 is 0.895. The van der Waals surface area contributed by atoms with Crippen molar-refractivity contribution in [2.24, 2.45) is 5.92 Å². The molecule has 3 heteroatoms. The molecule has 0 radical (unpaired) electrons. The van der Waals surface area contributed by atoms with E-state index in [-0.39, 0.29) is 5.91 Å². The predicted molar refractivity (Wildman–Crippen MR) is 82.3 cm³/mol. The van der Waals surface area contributed by atoms with Crippen LogP contribution < -0.4 is 0 Å². The molecule has 0 heterocycles. The molecule has 1 aliphatic carbocycles. The second-order valence-electron chi connectivity index (χ2n) is 5.77. The molecule has 1 fully saturated rings. The van der Waals surface area contributed by atoms with E-state index in [4.69, 9.17) is 0 Å². The van der Waals surface area contributed by atoms with E-state index in [1.54, 1.807) is 0 Å². The number of carbonyl (C=O) groups is 1. The minimum absolute atomic E-state index is 0.174. The molecule has 1 aromatic carbocycles. The maximum Gasteiger partial charge on any atom is 0.255 e. The van der Waals surface area contributed by atoms with Crippen LogP contribution in [0.3, 0.4) is 0 Å². The summed E-state index contributed by atoms with van der Waals surface area (Å²) in [5, 5.41) is 0. The van der Waals surface area contributed by atoms with E-state index >= 15 is 0 Å². The van der Waals surface area contributed by atoms with Crippen molar-refractivity contribution in [3.63, 3.8) is 0 Å². The summed E-state index contributed by atoms with van der Waals surface area (Å²) in [5.41, 5.74) is 0.787.